The topological polar surface area (TPSA) is 73.9 Å². The minimum absolute atomic E-state index is 0.0203. The van der Waals surface area contributed by atoms with E-state index < -0.39 is 0 Å². The first-order valence-electron chi connectivity index (χ1n) is 8.96. The highest BCUT2D eigenvalue weighted by Gasteiger charge is 2.52. The molecule has 1 aromatic heterocycles. The lowest BCUT2D eigenvalue weighted by molar-refractivity contribution is 0.0883. The van der Waals surface area contributed by atoms with Crippen molar-refractivity contribution >= 4 is 0 Å². The Morgan fingerprint density at radius 1 is 1.21 bits per heavy atom. The lowest BCUT2D eigenvalue weighted by atomic mass is 9.82. The summed E-state index contributed by atoms with van der Waals surface area (Å²) in [5, 5.41) is 10.1. The standard InChI is InChI=1S/C17H28N4O3/c22-12-17-10-20(4-14-8-23-1-2-24-9-14)5-15(17)6-21(11-17)7-16-3-18-13-19-16/h3,13-15,22H,1-2,4-12H2,(H,18,19). The third-order valence-corrected chi connectivity index (χ3v) is 5.76. The predicted molar refractivity (Wildman–Crippen MR) is 88.4 cm³/mol. The zero-order valence-corrected chi connectivity index (χ0v) is 14.2. The second kappa shape index (κ2) is 7.09. The van der Waals surface area contributed by atoms with Gasteiger partial charge in [0, 0.05) is 62.5 Å². The molecule has 4 heterocycles. The number of imidazole rings is 1. The summed E-state index contributed by atoms with van der Waals surface area (Å²) in [6.45, 7) is 9.23. The van der Waals surface area contributed by atoms with E-state index >= 15 is 0 Å². The van der Waals surface area contributed by atoms with Crippen LogP contribution in [-0.2, 0) is 16.0 Å². The van der Waals surface area contributed by atoms with Crippen LogP contribution in [0.5, 0.6) is 0 Å². The Labute approximate surface area is 142 Å². The van der Waals surface area contributed by atoms with Gasteiger partial charge in [0.25, 0.3) is 0 Å². The first-order chi connectivity index (χ1) is 11.8. The quantitative estimate of drug-likeness (QED) is 0.776. The molecular formula is C17H28N4O3. The van der Waals surface area contributed by atoms with Crippen LogP contribution in [0.3, 0.4) is 0 Å². The highest BCUT2D eigenvalue weighted by Crippen LogP contribution is 2.42. The Kier molecular flexibility index (Phi) is 4.87. The number of likely N-dealkylation sites (tertiary alicyclic amines) is 2. The summed E-state index contributed by atoms with van der Waals surface area (Å²) in [7, 11) is 0. The van der Waals surface area contributed by atoms with Crippen LogP contribution in [0.25, 0.3) is 0 Å². The van der Waals surface area contributed by atoms with Gasteiger partial charge in [-0.1, -0.05) is 0 Å². The highest BCUT2D eigenvalue weighted by atomic mass is 16.5. The molecule has 3 fully saturated rings. The molecule has 3 aliphatic rings. The number of rotatable bonds is 5. The van der Waals surface area contributed by atoms with Crippen LogP contribution < -0.4 is 0 Å². The molecule has 0 radical (unpaired) electrons. The van der Waals surface area contributed by atoms with Gasteiger partial charge in [-0.05, 0) is 5.92 Å². The van der Waals surface area contributed by atoms with E-state index in [1.807, 2.05) is 6.20 Å². The van der Waals surface area contributed by atoms with Gasteiger partial charge in [0.05, 0.1) is 39.4 Å². The number of ether oxygens (including phenoxy) is 2. The molecule has 7 heteroatoms. The average Bonchev–Trinajstić information content (AvgIpc) is 3.20. The molecule has 24 heavy (non-hydrogen) atoms. The maximum atomic E-state index is 10.1. The third kappa shape index (κ3) is 3.36. The molecule has 0 aliphatic carbocycles. The van der Waals surface area contributed by atoms with Gasteiger partial charge in [0.15, 0.2) is 0 Å². The fraction of sp³-hybridized carbons (Fsp3) is 0.824. The van der Waals surface area contributed by atoms with Crippen molar-refractivity contribution in [3.05, 3.63) is 18.2 Å². The fourth-order valence-corrected chi connectivity index (χ4v) is 4.63. The van der Waals surface area contributed by atoms with Gasteiger partial charge in [0.1, 0.15) is 0 Å². The molecular weight excluding hydrogens is 308 g/mol. The predicted octanol–water partition coefficient (Wildman–Crippen LogP) is -0.201. The van der Waals surface area contributed by atoms with Gasteiger partial charge in [0.2, 0.25) is 0 Å². The molecule has 3 aliphatic heterocycles. The van der Waals surface area contributed by atoms with Gasteiger partial charge < -0.3 is 24.5 Å². The van der Waals surface area contributed by atoms with Crippen LogP contribution in [0.2, 0.25) is 0 Å². The summed E-state index contributed by atoms with van der Waals surface area (Å²) >= 11 is 0. The molecule has 2 unspecified atom stereocenters. The number of aromatic nitrogens is 2. The number of hydrogen-bond acceptors (Lipinski definition) is 6. The number of nitrogens with zero attached hydrogens (tertiary/aromatic N) is 3. The fourth-order valence-electron chi connectivity index (χ4n) is 4.63. The van der Waals surface area contributed by atoms with E-state index in [0.29, 0.717) is 25.0 Å². The van der Waals surface area contributed by atoms with E-state index in [1.165, 1.54) is 0 Å². The van der Waals surface area contributed by atoms with Crippen molar-refractivity contribution in [1.82, 2.24) is 19.8 Å². The molecule has 4 rings (SSSR count). The summed E-state index contributed by atoms with van der Waals surface area (Å²) in [6, 6.07) is 0. The number of hydrogen-bond donors (Lipinski definition) is 2. The summed E-state index contributed by atoms with van der Waals surface area (Å²) in [5.41, 5.74) is 1.17. The van der Waals surface area contributed by atoms with Crippen LogP contribution in [-0.4, -0.2) is 90.6 Å². The second-order valence-electron chi connectivity index (χ2n) is 7.67. The smallest absolute Gasteiger partial charge is 0.0922 e. The zero-order valence-electron chi connectivity index (χ0n) is 14.2. The van der Waals surface area contributed by atoms with Crippen molar-refractivity contribution in [2.24, 2.45) is 17.3 Å². The number of nitrogens with one attached hydrogen (secondary N) is 1. The van der Waals surface area contributed by atoms with E-state index in [-0.39, 0.29) is 12.0 Å². The maximum Gasteiger partial charge on any atom is 0.0922 e. The monoisotopic (exact) mass is 336 g/mol. The summed E-state index contributed by atoms with van der Waals surface area (Å²) < 4.78 is 11.2. The third-order valence-electron chi connectivity index (χ3n) is 5.76. The van der Waals surface area contributed by atoms with Gasteiger partial charge in [-0.25, -0.2) is 4.98 Å². The molecule has 3 saturated heterocycles. The van der Waals surface area contributed by atoms with Crippen LogP contribution in [0.15, 0.2) is 12.5 Å². The van der Waals surface area contributed by atoms with E-state index in [2.05, 4.69) is 19.8 Å². The van der Waals surface area contributed by atoms with Crippen molar-refractivity contribution in [3.8, 4) is 0 Å². The van der Waals surface area contributed by atoms with Gasteiger partial charge in [-0.15, -0.1) is 0 Å². The molecule has 0 aromatic carbocycles. The molecule has 0 saturated carbocycles. The van der Waals surface area contributed by atoms with E-state index in [1.54, 1.807) is 6.33 Å². The van der Waals surface area contributed by atoms with Crippen LogP contribution in [0.1, 0.15) is 5.69 Å². The minimum atomic E-state index is 0.0203. The van der Waals surface area contributed by atoms with E-state index in [4.69, 9.17) is 9.47 Å². The van der Waals surface area contributed by atoms with E-state index in [0.717, 1.165) is 58.2 Å². The average molecular weight is 336 g/mol. The first-order valence-corrected chi connectivity index (χ1v) is 8.96. The van der Waals surface area contributed by atoms with Crippen molar-refractivity contribution in [2.75, 3.05) is 65.8 Å². The van der Waals surface area contributed by atoms with Gasteiger partial charge >= 0.3 is 0 Å². The lowest BCUT2D eigenvalue weighted by Gasteiger charge is -2.28. The largest absolute Gasteiger partial charge is 0.396 e. The molecule has 0 amide bonds. The molecule has 0 spiro atoms. The maximum absolute atomic E-state index is 10.1. The second-order valence-corrected chi connectivity index (χ2v) is 7.67. The zero-order chi connectivity index (χ0) is 16.4. The van der Waals surface area contributed by atoms with Gasteiger partial charge in [-0.3, -0.25) is 4.90 Å². The molecule has 134 valence electrons. The summed E-state index contributed by atoms with van der Waals surface area (Å²) in [5.74, 6) is 0.987. The lowest BCUT2D eigenvalue weighted by Crippen LogP contribution is -2.39. The Hall–Kier alpha value is -0.990. The van der Waals surface area contributed by atoms with Crippen molar-refractivity contribution in [1.29, 1.82) is 0 Å². The minimum Gasteiger partial charge on any atom is -0.396 e. The number of fused-ring (bicyclic) bond motifs is 1. The summed E-state index contributed by atoms with van der Waals surface area (Å²) in [6.07, 6.45) is 3.62. The molecule has 1 aromatic rings. The highest BCUT2D eigenvalue weighted by molar-refractivity contribution is 5.06. The first kappa shape index (κ1) is 16.5. The SMILES string of the molecule is OCC12CN(Cc3cnc[nH]3)CC1CN(CC1COCCOC1)C2. The Bertz CT molecular complexity index is 518. The van der Waals surface area contributed by atoms with Crippen molar-refractivity contribution < 1.29 is 14.6 Å². The number of H-pyrrole nitrogens is 1. The summed E-state index contributed by atoms with van der Waals surface area (Å²) in [4.78, 5) is 12.2. The van der Waals surface area contributed by atoms with Gasteiger partial charge in [-0.2, -0.15) is 0 Å². The molecule has 0 bridgehead atoms. The van der Waals surface area contributed by atoms with Crippen molar-refractivity contribution in [2.45, 2.75) is 6.54 Å². The Morgan fingerprint density at radius 3 is 2.62 bits per heavy atom. The van der Waals surface area contributed by atoms with Crippen LogP contribution in [0.4, 0.5) is 0 Å². The normalized spacial score (nSPS) is 33.0. The van der Waals surface area contributed by atoms with Crippen LogP contribution >= 0.6 is 0 Å². The van der Waals surface area contributed by atoms with Crippen LogP contribution in [0, 0.1) is 17.3 Å². The number of aromatic amines is 1. The Morgan fingerprint density at radius 2 is 1.96 bits per heavy atom. The molecule has 2 N–H and O–H groups in total. The van der Waals surface area contributed by atoms with Crippen molar-refractivity contribution in [3.63, 3.8) is 0 Å². The van der Waals surface area contributed by atoms with E-state index in [9.17, 15) is 5.11 Å². The molecule has 2 atom stereocenters. The molecule has 7 nitrogen and oxygen atoms in total. The number of aliphatic hydroxyl groups is 1. The Balaban J connectivity index is 1.34. The number of aliphatic hydroxyl groups excluding tert-OH is 1.